The van der Waals surface area contributed by atoms with Gasteiger partial charge in [0.25, 0.3) is 0 Å². The summed E-state index contributed by atoms with van der Waals surface area (Å²) in [4.78, 5) is 12.5. The maximum atomic E-state index is 12.5. The molecule has 2 aromatic rings. The van der Waals surface area contributed by atoms with Crippen LogP contribution in [0.5, 0.6) is 17.2 Å². The van der Waals surface area contributed by atoms with Gasteiger partial charge in [-0.05, 0) is 66.4 Å². The van der Waals surface area contributed by atoms with Gasteiger partial charge < -0.3 is 18.9 Å². The molecule has 146 valence electrons. The highest BCUT2D eigenvalue weighted by Crippen LogP contribution is 2.43. The summed E-state index contributed by atoms with van der Waals surface area (Å²) in [7, 11) is 1.61. The van der Waals surface area contributed by atoms with E-state index in [1.54, 1.807) is 13.3 Å². The normalized spacial score (nSPS) is 20.1. The van der Waals surface area contributed by atoms with Crippen molar-refractivity contribution in [3.8, 4) is 17.2 Å². The molecule has 2 aliphatic heterocycles. The van der Waals surface area contributed by atoms with Crippen molar-refractivity contribution >= 4 is 12.1 Å². The minimum Gasteiger partial charge on any atom is -0.497 e. The predicted octanol–water partition coefficient (Wildman–Crippen LogP) is 2.75. The molecule has 0 spiro atoms. The molecule has 4 rings (SSSR count). The molecular weight excluding hydrogens is 360 g/mol. The zero-order valence-electron chi connectivity index (χ0n) is 15.9. The van der Waals surface area contributed by atoms with Gasteiger partial charge in [0.05, 0.1) is 32.0 Å². The number of carbonyl (C=O) groups is 1. The average molecular weight is 382 g/mol. The van der Waals surface area contributed by atoms with Crippen molar-refractivity contribution in [2.75, 3.05) is 20.5 Å². The van der Waals surface area contributed by atoms with Crippen LogP contribution in [0.2, 0.25) is 0 Å². The Morgan fingerprint density at radius 2 is 2.00 bits per heavy atom. The van der Waals surface area contributed by atoms with Crippen molar-refractivity contribution in [2.24, 2.45) is 5.10 Å². The van der Waals surface area contributed by atoms with Crippen LogP contribution in [-0.4, -0.2) is 32.6 Å². The number of fused-ring (bicyclic) bond motifs is 2. The molecule has 0 saturated heterocycles. The van der Waals surface area contributed by atoms with Gasteiger partial charge in [0.1, 0.15) is 5.75 Å². The lowest BCUT2D eigenvalue weighted by Gasteiger charge is -2.35. The van der Waals surface area contributed by atoms with E-state index in [0.717, 1.165) is 34.6 Å². The Balaban J connectivity index is 1.43. The Hall–Kier alpha value is -3.06. The molecule has 7 heteroatoms. The van der Waals surface area contributed by atoms with Crippen molar-refractivity contribution in [3.63, 3.8) is 0 Å². The number of ether oxygens (including phenoxy) is 4. The largest absolute Gasteiger partial charge is 0.497 e. The number of nitrogens with one attached hydrogen (secondary N) is 1. The molecule has 1 N–H and O–H groups in total. The molecule has 2 aromatic carbocycles. The van der Waals surface area contributed by atoms with Gasteiger partial charge in [-0.1, -0.05) is 0 Å². The Morgan fingerprint density at radius 1 is 1.25 bits per heavy atom. The third kappa shape index (κ3) is 3.66. The van der Waals surface area contributed by atoms with Gasteiger partial charge in [0, 0.05) is 0 Å². The first-order valence-corrected chi connectivity index (χ1v) is 9.10. The molecular formula is C21H22N2O5. The highest BCUT2D eigenvalue weighted by Gasteiger charge is 2.37. The van der Waals surface area contributed by atoms with Crippen LogP contribution >= 0.6 is 0 Å². The van der Waals surface area contributed by atoms with Gasteiger partial charge in [-0.25, -0.2) is 5.43 Å². The summed E-state index contributed by atoms with van der Waals surface area (Å²) in [5.74, 6) is 1.98. The van der Waals surface area contributed by atoms with E-state index in [-0.39, 0.29) is 19.1 Å². The fourth-order valence-corrected chi connectivity index (χ4v) is 3.51. The molecule has 7 nitrogen and oxygen atoms in total. The standard InChI is InChI=1S/C21H22N2O5/c1-21(11-20(24)23-22-12-14-3-5-16(25-2)6-4-14)17-10-19-18(26-13-27-19)9-15(17)7-8-28-21/h3-6,9-10,12H,7-8,11,13H2,1-2H3,(H,23,24)/b22-12+. The molecule has 0 fully saturated rings. The maximum Gasteiger partial charge on any atom is 0.243 e. The average Bonchev–Trinajstić information content (AvgIpc) is 3.15. The van der Waals surface area contributed by atoms with Crippen molar-refractivity contribution in [3.05, 3.63) is 53.1 Å². The summed E-state index contributed by atoms with van der Waals surface area (Å²) in [5.41, 5.74) is 4.77. The summed E-state index contributed by atoms with van der Waals surface area (Å²) in [5, 5.41) is 4.04. The quantitative estimate of drug-likeness (QED) is 0.636. The van der Waals surface area contributed by atoms with Crippen molar-refractivity contribution in [2.45, 2.75) is 25.4 Å². The van der Waals surface area contributed by atoms with Crippen LogP contribution in [0.15, 0.2) is 41.5 Å². The zero-order chi connectivity index (χ0) is 19.6. The number of benzene rings is 2. The molecule has 0 aromatic heterocycles. The van der Waals surface area contributed by atoms with E-state index in [1.807, 2.05) is 43.3 Å². The maximum absolute atomic E-state index is 12.5. The molecule has 2 aliphatic rings. The molecule has 2 heterocycles. The fourth-order valence-electron chi connectivity index (χ4n) is 3.51. The Kier molecular flexibility index (Phi) is 4.92. The smallest absolute Gasteiger partial charge is 0.243 e. The SMILES string of the molecule is COc1ccc(/C=N/NC(=O)CC2(C)OCCc3cc4c(cc32)OCO4)cc1. The lowest BCUT2D eigenvalue weighted by atomic mass is 9.84. The van der Waals surface area contributed by atoms with Crippen LogP contribution in [0.3, 0.4) is 0 Å². The molecule has 28 heavy (non-hydrogen) atoms. The number of hydrogen-bond acceptors (Lipinski definition) is 6. The van der Waals surface area contributed by atoms with Crippen molar-refractivity contribution < 1.29 is 23.7 Å². The summed E-state index contributed by atoms with van der Waals surface area (Å²) in [6, 6.07) is 11.3. The first-order chi connectivity index (χ1) is 13.6. The van der Waals surface area contributed by atoms with Crippen LogP contribution < -0.4 is 19.6 Å². The van der Waals surface area contributed by atoms with Gasteiger partial charge >= 0.3 is 0 Å². The number of nitrogens with zero attached hydrogens (tertiary/aromatic N) is 1. The molecule has 1 atom stereocenters. The van der Waals surface area contributed by atoms with Crippen LogP contribution in [-0.2, 0) is 21.6 Å². The number of hydrogen-bond donors (Lipinski definition) is 1. The minimum atomic E-state index is -0.742. The summed E-state index contributed by atoms with van der Waals surface area (Å²) < 4.78 is 22.0. The van der Waals surface area contributed by atoms with E-state index in [9.17, 15) is 4.79 Å². The van der Waals surface area contributed by atoms with Gasteiger partial charge in [0.15, 0.2) is 11.5 Å². The first-order valence-electron chi connectivity index (χ1n) is 9.10. The second kappa shape index (κ2) is 7.52. The number of hydrazone groups is 1. The highest BCUT2D eigenvalue weighted by atomic mass is 16.7. The molecule has 0 saturated carbocycles. The second-order valence-corrected chi connectivity index (χ2v) is 6.94. The van der Waals surface area contributed by atoms with Crippen LogP contribution in [0.25, 0.3) is 0 Å². The minimum absolute atomic E-state index is 0.152. The number of methoxy groups -OCH3 is 1. The van der Waals surface area contributed by atoms with Gasteiger partial charge in [-0.3, -0.25) is 4.79 Å². The second-order valence-electron chi connectivity index (χ2n) is 6.94. The topological polar surface area (TPSA) is 78.4 Å². The third-order valence-corrected chi connectivity index (χ3v) is 4.98. The lowest BCUT2D eigenvalue weighted by Crippen LogP contribution is -2.37. The summed E-state index contributed by atoms with van der Waals surface area (Å²) >= 11 is 0. The van der Waals surface area contributed by atoms with E-state index in [1.165, 1.54) is 0 Å². The molecule has 1 unspecified atom stereocenters. The number of rotatable bonds is 5. The lowest BCUT2D eigenvalue weighted by molar-refractivity contribution is -0.130. The van der Waals surface area contributed by atoms with E-state index >= 15 is 0 Å². The highest BCUT2D eigenvalue weighted by molar-refractivity contribution is 5.83. The predicted molar refractivity (Wildman–Crippen MR) is 103 cm³/mol. The first kappa shape index (κ1) is 18.3. The van der Waals surface area contributed by atoms with Crippen molar-refractivity contribution in [1.29, 1.82) is 0 Å². The Morgan fingerprint density at radius 3 is 2.75 bits per heavy atom. The monoisotopic (exact) mass is 382 g/mol. The Labute approximate surface area is 163 Å². The van der Waals surface area contributed by atoms with Crippen LogP contribution in [0.4, 0.5) is 0 Å². The van der Waals surface area contributed by atoms with Gasteiger partial charge in [-0.15, -0.1) is 0 Å². The van der Waals surface area contributed by atoms with Gasteiger partial charge in [0.2, 0.25) is 12.7 Å². The van der Waals surface area contributed by atoms with E-state index < -0.39 is 5.60 Å². The Bertz CT molecular complexity index is 910. The third-order valence-electron chi connectivity index (χ3n) is 4.98. The van der Waals surface area contributed by atoms with Crippen LogP contribution in [0, 0.1) is 0 Å². The van der Waals surface area contributed by atoms with E-state index in [0.29, 0.717) is 12.4 Å². The zero-order valence-corrected chi connectivity index (χ0v) is 15.9. The van der Waals surface area contributed by atoms with Gasteiger partial charge in [-0.2, -0.15) is 5.10 Å². The summed E-state index contributed by atoms with van der Waals surface area (Å²) in [6.45, 7) is 2.68. The number of carbonyl (C=O) groups excluding carboxylic acids is 1. The molecule has 0 bridgehead atoms. The number of amides is 1. The van der Waals surface area contributed by atoms with E-state index in [2.05, 4.69) is 10.5 Å². The van der Waals surface area contributed by atoms with E-state index in [4.69, 9.17) is 18.9 Å². The molecule has 0 radical (unpaired) electrons. The van der Waals surface area contributed by atoms with Crippen LogP contribution in [0.1, 0.15) is 30.0 Å². The summed E-state index contributed by atoms with van der Waals surface area (Å²) in [6.07, 6.45) is 2.52. The van der Waals surface area contributed by atoms with Crippen molar-refractivity contribution in [1.82, 2.24) is 5.43 Å². The fraction of sp³-hybridized carbons (Fsp3) is 0.333. The molecule has 0 aliphatic carbocycles. The molecule has 1 amide bonds.